The summed E-state index contributed by atoms with van der Waals surface area (Å²) < 4.78 is 0. The van der Waals surface area contributed by atoms with Crippen LogP contribution in [0.25, 0.3) is 0 Å². The second kappa shape index (κ2) is 5.85. The molecule has 2 unspecified atom stereocenters. The number of carbonyl (C=O) groups excluding carboxylic acids is 2. The zero-order chi connectivity index (χ0) is 13.9. The Morgan fingerprint density at radius 3 is 3.05 bits per heavy atom. The van der Waals surface area contributed by atoms with E-state index < -0.39 is 5.25 Å². The van der Waals surface area contributed by atoms with Crippen LogP contribution in [0.15, 0.2) is 53.8 Å². The summed E-state index contributed by atoms with van der Waals surface area (Å²) in [5.74, 6) is 0.105. The van der Waals surface area contributed by atoms with Crippen LogP contribution in [0.2, 0.25) is 0 Å². The first kappa shape index (κ1) is 13.5. The first-order chi connectivity index (χ1) is 9.75. The summed E-state index contributed by atoms with van der Waals surface area (Å²) in [5, 5.41) is 0.165. The number of nitrogens with zero attached hydrogens (tertiary/aromatic N) is 2. The molecule has 0 N–H and O–H groups in total. The highest BCUT2D eigenvalue weighted by molar-refractivity contribution is 8.03. The van der Waals surface area contributed by atoms with Gasteiger partial charge in [-0.25, -0.2) is 4.98 Å². The Hall–Kier alpha value is -1.53. The number of rotatable bonds is 4. The molecule has 2 aliphatic heterocycles. The van der Waals surface area contributed by atoms with E-state index in [0.717, 1.165) is 5.03 Å². The molecule has 6 heteroatoms. The van der Waals surface area contributed by atoms with E-state index in [4.69, 9.17) is 0 Å². The molecule has 0 spiro atoms. The van der Waals surface area contributed by atoms with Crippen LogP contribution in [0.1, 0.15) is 0 Å². The maximum absolute atomic E-state index is 12.2. The van der Waals surface area contributed by atoms with Crippen LogP contribution in [0.4, 0.5) is 0 Å². The number of fused-ring (bicyclic) bond motifs is 1. The van der Waals surface area contributed by atoms with Crippen LogP contribution in [0, 0.1) is 0 Å². The van der Waals surface area contributed by atoms with Gasteiger partial charge in [0.05, 0.1) is 10.8 Å². The molecular formula is C14H12N2O2S2. The van der Waals surface area contributed by atoms with Gasteiger partial charge in [0.15, 0.2) is 5.78 Å². The SMILES string of the molecule is O=C(CSc1ccccn1)C1SC2C=CC=CN2C1=O. The van der Waals surface area contributed by atoms with Crippen molar-refractivity contribution in [3.05, 3.63) is 48.8 Å². The number of hydrogen-bond donors (Lipinski definition) is 0. The number of allylic oxidation sites excluding steroid dienone is 2. The Balaban J connectivity index is 1.62. The molecule has 2 aliphatic rings. The monoisotopic (exact) mass is 304 g/mol. The van der Waals surface area contributed by atoms with Crippen molar-refractivity contribution in [2.45, 2.75) is 15.6 Å². The fourth-order valence-electron chi connectivity index (χ4n) is 1.99. The van der Waals surface area contributed by atoms with Gasteiger partial charge >= 0.3 is 0 Å². The number of pyridine rings is 1. The Morgan fingerprint density at radius 1 is 1.40 bits per heavy atom. The molecule has 0 radical (unpaired) electrons. The molecular weight excluding hydrogens is 292 g/mol. The lowest BCUT2D eigenvalue weighted by Gasteiger charge is -2.18. The molecule has 20 heavy (non-hydrogen) atoms. The quantitative estimate of drug-likeness (QED) is 0.630. The van der Waals surface area contributed by atoms with Crippen molar-refractivity contribution >= 4 is 35.2 Å². The average Bonchev–Trinajstić information content (AvgIpc) is 2.84. The maximum atomic E-state index is 12.2. The summed E-state index contributed by atoms with van der Waals surface area (Å²) in [5.41, 5.74) is 0. The minimum Gasteiger partial charge on any atom is -0.302 e. The molecule has 4 nitrogen and oxygen atoms in total. The molecule has 0 aromatic carbocycles. The van der Waals surface area contributed by atoms with E-state index in [1.165, 1.54) is 23.5 Å². The van der Waals surface area contributed by atoms with Gasteiger partial charge in [-0.2, -0.15) is 0 Å². The molecule has 0 bridgehead atoms. The zero-order valence-electron chi connectivity index (χ0n) is 10.5. The van der Waals surface area contributed by atoms with Crippen molar-refractivity contribution in [2.75, 3.05) is 5.75 Å². The molecule has 1 saturated heterocycles. The number of carbonyl (C=O) groups is 2. The van der Waals surface area contributed by atoms with Gasteiger partial charge in [0, 0.05) is 12.4 Å². The first-order valence-corrected chi connectivity index (χ1v) is 8.08. The summed E-state index contributed by atoms with van der Waals surface area (Å²) in [6, 6.07) is 5.57. The Morgan fingerprint density at radius 2 is 2.30 bits per heavy atom. The Bertz CT molecular complexity index is 586. The molecule has 3 heterocycles. The molecule has 1 aromatic heterocycles. The summed E-state index contributed by atoms with van der Waals surface area (Å²) in [7, 11) is 0. The van der Waals surface area contributed by atoms with Crippen LogP contribution in [0.5, 0.6) is 0 Å². The van der Waals surface area contributed by atoms with Gasteiger partial charge in [0.1, 0.15) is 10.6 Å². The number of hydrogen-bond acceptors (Lipinski definition) is 5. The number of aromatic nitrogens is 1. The normalized spacial score (nSPS) is 24.0. The van der Waals surface area contributed by atoms with Crippen molar-refractivity contribution in [1.29, 1.82) is 0 Å². The standard InChI is InChI=1S/C14H12N2O2S2/c17-10(9-19-11-5-1-3-7-15-11)13-14(18)16-8-4-2-6-12(16)20-13/h1-8,12-13H,9H2. The molecule has 1 aromatic rings. The van der Waals surface area contributed by atoms with Gasteiger partial charge in [0.25, 0.3) is 0 Å². The molecule has 2 atom stereocenters. The van der Waals surface area contributed by atoms with E-state index >= 15 is 0 Å². The van der Waals surface area contributed by atoms with E-state index in [-0.39, 0.29) is 22.8 Å². The number of thioether (sulfide) groups is 2. The van der Waals surface area contributed by atoms with Gasteiger partial charge in [-0.05, 0) is 18.2 Å². The van der Waals surface area contributed by atoms with Gasteiger partial charge in [-0.3, -0.25) is 9.59 Å². The average molecular weight is 304 g/mol. The minimum atomic E-state index is -0.594. The van der Waals surface area contributed by atoms with Gasteiger partial charge in [-0.1, -0.05) is 30.0 Å². The van der Waals surface area contributed by atoms with Crippen LogP contribution in [-0.4, -0.2) is 38.0 Å². The topological polar surface area (TPSA) is 50.3 Å². The highest BCUT2D eigenvalue weighted by Gasteiger charge is 2.42. The highest BCUT2D eigenvalue weighted by Crippen LogP contribution is 2.35. The lowest BCUT2D eigenvalue weighted by molar-refractivity contribution is -0.130. The molecule has 1 fully saturated rings. The lowest BCUT2D eigenvalue weighted by atomic mass is 10.2. The van der Waals surface area contributed by atoms with Gasteiger partial charge in [0.2, 0.25) is 5.91 Å². The van der Waals surface area contributed by atoms with Crippen molar-refractivity contribution in [3.8, 4) is 0 Å². The van der Waals surface area contributed by atoms with E-state index in [1.807, 2.05) is 36.4 Å². The van der Waals surface area contributed by atoms with Crippen LogP contribution in [-0.2, 0) is 9.59 Å². The van der Waals surface area contributed by atoms with Gasteiger partial charge in [-0.15, -0.1) is 11.8 Å². The minimum absolute atomic E-state index is 0.0405. The molecule has 102 valence electrons. The number of Topliss-reactive ketones (excluding diaryl/α,β-unsaturated/α-hetero) is 1. The van der Waals surface area contributed by atoms with E-state index in [1.54, 1.807) is 17.3 Å². The third kappa shape index (κ3) is 2.66. The zero-order valence-corrected chi connectivity index (χ0v) is 12.1. The van der Waals surface area contributed by atoms with Crippen molar-refractivity contribution in [1.82, 2.24) is 9.88 Å². The summed E-state index contributed by atoms with van der Waals surface area (Å²) >= 11 is 2.77. The smallest absolute Gasteiger partial charge is 0.248 e. The van der Waals surface area contributed by atoms with E-state index in [9.17, 15) is 9.59 Å². The highest BCUT2D eigenvalue weighted by atomic mass is 32.2. The number of amides is 1. The second-order valence-corrected chi connectivity index (χ2v) is 6.52. The predicted octanol–water partition coefficient (Wildman–Crippen LogP) is 2.10. The van der Waals surface area contributed by atoms with E-state index in [0.29, 0.717) is 0 Å². The second-order valence-electron chi connectivity index (χ2n) is 4.30. The molecule has 0 saturated carbocycles. The first-order valence-electron chi connectivity index (χ1n) is 6.15. The summed E-state index contributed by atoms with van der Waals surface area (Å²) in [6.45, 7) is 0. The Labute approximate surface area is 125 Å². The fraction of sp³-hybridized carbons (Fsp3) is 0.214. The van der Waals surface area contributed by atoms with Crippen molar-refractivity contribution < 1.29 is 9.59 Å². The van der Waals surface area contributed by atoms with Crippen LogP contribution in [0.3, 0.4) is 0 Å². The van der Waals surface area contributed by atoms with Crippen LogP contribution >= 0.6 is 23.5 Å². The largest absolute Gasteiger partial charge is 0.302 e. The lowest BCUT2D eigenvalue weighted by Crippen LogP contribution is -2.33. The number of ketones is 1. The van der Waals surface area contributed by atoms with E-state index in [2.05, 4.69) is 4.98 Å². The van der Waals surface area contributed by atoms with Crippen molar-refractivity contribution in [3.63, 3.8) is 0 Å². The van der Waals surface area contributed by atoms with Crippen molar-refractivity contribution in [2.24, 2.45) is 0 Å². The third-order valence-corrected chi connectivity index (χ3v) is 5.32. The predicted molar refractivity (Wildman–Crippen MR) is 80.3 cm³/mol. The molecule has 1 amide bonds. The third-order valence-electron chi connectivity index (χ3n) is 2.95. The van der Waals surface area contributed by atoms with Gasteiger partial charge < -0.3 is 4.90 Å². The molecule has 3 rings (SSSR count). The maximum Gasteiger partial charge on any atom is 0.248 e. The Kier molecular flexibility index (Phi) is 3.93. The van der Waals surface area contributed by atoms with Crippen LogP contribution < -0.4 is 0 Å². The fourth-order valence-corrected chi connectivity index (χ4v) is 4.10. The summed E-state index contributed by atoms with van der Waals surface area (Å²) in [6.07, 6.45) is 9.07. The summed E-state index contributed by atoms with van der Waals surface area (Å²) in [4.78, 5) is 30.2. The molecule has 0 aliphatic carbocycles.